The molecule has 1 saturated carbocycles. The predicted molar refractivity (Wildman–Crippen MR) is 89.8 cm³/mol. The van der Waals surface area contributed by atoms with Gasteiger partial charge in [0.15, 0.2) is 0 Å². The molecule has 1 aromatic heterocycles. The van der Waals surface area contributed by atoms with Gasteiger partial charge in [-0.2, -0.15) is 0 Å². The summed E-state index contributed by atoms with van der Waals surface area (Å²) in [6.07, 6.45) is 8.11. The van der Waals surface area contributed by atoms with Crippen LogP contribution in [-0.2, 0) is 0 Å². The topological polar surface area (TPSA) is 38.9 Å². The third-order valence-corrected chi connectivity index (χ3v) is 4.22. The first-order chi connectivity index (χ1) is 9.81. The van der Waals surface area contributed by atoms with Gasteiger partial charge in [0.25, 0.3) is 0 Å². The highest BCUT2D eigenvalue weighted by atomic mass is 32.1. The monoisotopic (exact) mass is 286 g/mol. The van der Waals surface area contributed by atoms with Crippen molar-refractivity contribution in [2.24, 2.45) is 0 Å². The average molecular weight is 286 g/mol. The summed E-state index contributed by atoms with van der Waals surface area (Å²) in [4.78, 5) is 4.67. The van der Waals surface area contributed by atoms with Gasteiger partial charge in [-0.25, -0.2) is 4.98 Å². The van der Waals surface area contributed by atoms with Crippen LogP contribution in [0.2, 0.25) is 0 Å². The molecule has 2 nitrogen and oxygen atoms in total. The summed E-state index contributed by atoms with van der Waals surface area (Å²) in [6, 6.07) is 7.89. The van der Waals surface area contributed by atoms with Crippen LogP contribution < -0.4 is 5.73 Å². The summed E-state index contributed by atoms with van der Waals surface area (Å²) < 4.78 is 0. The number of thiazole rings is 1. The van der Waals surface area contributed by atoms with Crippen molar-refractivity contribution in [3.05, 3.63) is 45.9 Å². The number of hydrogen-bond donors (Lipinski definition) is 1. The van der Waals surface area contributed by atoms with E-state index in [1.807, 2.05) is 38.1 Å². The molecule has 3 rings (SSSR count). The molecule has 0 saturated heterocycles. The van der Waals surface area contributed by atoms with E-state index >= 15 is 0 Å². The zero-order chi connectivity index (χ0) is 14.4. The van der Waals surface area contributed by atoms with Gasteiger partial charge in [0.1, 0.15) is 5.01 Å². The van der Waals surface area contributed by atoms with Crippen molar-refractivity contribution in [1.82, 2.24) is 4.98 Å². The molecule has 0 spiro atoms. The van der Waals surface area contributed by atoms with Crippen molar-refractivity contribution in [2.75, 3.05) is 5.73 Å². The molecule has 0 atom stereocenters. The number of aromatic nitrogens is 1. The Morgan fingerprint density at radius 3 is 2.70 bits per heavy atom. The molecule has 2 N–H and O–H groups in total. The zero-order valence-corrected chi connectivity index (χ0v) is 13.0. The second-order valence-corrected chi connectivity index (χ2v) is 5.63. The molecule has 3 heteroatoms. The predicted octanol–water partition coefficient (Wildman–Crippen LogP) is 5.19. The highest BCUT2D eigenvalue weighted by Crippen LogP contribution is 2.36. The van der Waals surface area contributed by atoms with Crippen molar-refractivity contribution in [1.29, 1.82) is 0 Å². The van der Waals surface area contributed by atoms with Crippen molar-refractivity contribution in [3.63, 3.8) is 0 Å². The average Bonchev–Trinajstić information content (AvgIpc) is 2.85. The largest absolute Gasteiger partial charge is 0.399 e. The van der Waals surface area contributed by atoms with E-state index in [9.17, 15) is 0 Å². The second kappa shape index (κ2) is 7.25. The van der Waals surface area contributed by atoms with Gasteiger partial charge in [0.2, 0.25) is 0 Å². The van der Waals surface area contributed by atoms with E-state index in [2.05, 4.69) is 22.5 Å². The van der Waals surface area contributed by atoms with Crippen LogP contribution in [0.1, 0.15) is 55.3 Å². The zero-order valence-electron chi connectivity index (χ0n) is 12.2. The van der Waals surface area contributed by atoms with E-state index in [0.717, 1.165) is 22.2 Å². The molecular formula is C17H22N2S. The minimum atomic E-state index is 0.718. The number of nitrogens with two attached hydrogens (primary N) is 1. The van der Waals surface area contributed by atoms with Crippen LogP contribution >= 0.6 is 11.3 Å². The molecule has 1 aliphatic rings. The van der Waals surface area contributed by atoms with Gasteiger partial charge in [0.05, 0.1) is 5.69 Å². The molecule has 106 valence electrons. The molecule has 20 heavy (non-hydrogen) atoms. The Balaban J connectivity index is 0.000000704. The normalized spacial score (nSPS) is 14.7. The summed E-state index contributed by atoms with van der Waals surface area (Å²) in [7, 11) is 0. The lowest BCUT2D eigenvalue weighted by Crippen LogP contribution is -2.08. The van der Waals surface area contributed by atoms with Crippen molar-refractivity contribution in [3.8, 4) is 0 Å². The highest BCUT2D eigenvalue weighted by Gasteiger charge is 2.21. The summed E-state index contributed by atoms with van der Waals surface area (Å²) in [5.74, 6) is 0.718. The highest BCUT2D eigenvalue weighted by molar-refractivity contribution is 7.10. The number of nitrogen functional groups attached to an aromatic ring is 1. The Hall–Kier alpha value is -1.61. The lowest BCUT2D eigenvalue weighted by Gasteiger charge is -2.22. The van der Waals surface area contributed by atoms with Crippen LogP contribution in [0.15, 0.2) is 29.6 Å². The lowest BCUT2D eigenvalue weighted by atomic mass is 9.83. The first-order valence-electron chi connectivity index (χ1n) is 7.30. The van der Waals surface area contributed by atoms with Gasteiger partial charge < -0.3 is 5.73 Å². The molecule has 2 aromatic rings. The Bertz CT molecular complexity index is 568. The maximum Gasteiger partial charge on any atom is 0.116 e. The van der Waals surface area contributed by atoms with Gasteiger partial charge in [-0.05, 0) is 36.6 Å². The molecule has 1 heterocycles. The molecule has 0 bridgehead atoms. The summed E-state index contributed by atoms with van der Waals surface area (Å²) in [6.45, 7) is 4.00. The first kappa shape index (κ1) is 14.8. The molecule has 1 aliphatic carbocycles. The van der Waals surface area contributed by atoms with E-state index in [1.165, 1.54) is 25.0 Å². The standard InChI is InChI=1S/C15H16N2S.C2H6/c16-13-6-1-3-11(9-13)7-8-15-17-14(10-18-15)12-4-2-5-12;1-2/h1,3,6-10,12H,2,4-5,16H2;1-2H3/b8-7+;. The Kier molecular flexibility index (Phi) is 5.36. The maximum absolute atomic E-state index is 5.75. The van der Waals surface area contributed by atoms with Gasteiger partial charge in [0, 0.05) is 17.0 Å². The fourth-order valence-corrected chi connectivity index (χ4v) is 2.89. The number of nitrogens with zero attached hydrogens (tertiary/aromatic N) is 1. The molecule has 0 amide bonds. The Morgan fingerprint density at radius 1 is 1.25 bits per heavy atom. The second-order valence-electron chi connectivity index (χ2n) is 4.74. The van der Waals surface area contributed by atoms with Crippen molar-refractivity contribution < 1.29 is 0 Å². The smallest absolute Gasteiger partial charge is 0.116 e. The molecule has 0 unspecified atom stereocenters. The molecular weight excluding hydrogens is 264 g/mol. The minimum Gasteiger partial charge on any atom is -0.399 e. The fraction of sp³-hybridized carbons (Fsp3) is 0.353. The third-order valence-electron chi connectivity index (χ3n) is 3.39. The molecule has 0 radical (unpaired) electrons. The first-order valence-corrected chi connectivity index (χ1v) is 8.18. The van der Waals surface area contributed by atoms with Crippen LogP contribution in [-0.4, -0.2) is 4.98 Å². The number of benzene rings is 1. The molecule has 0 aliphatic heterocycles. The summed E-state index contributed by atoms with van der Waals surface area (Å²) in [5.41, 5.74) is 8.94. The summed E-state index contributed by atoms with van der Waals surface area (Å²) >= 11 is 1.72. The summed E-state index contributed by atoms with van der Waals surface area (Å²) in [5, 5.41) is 3.28. The van der Waals surface area contributed by atoms with Crippen LogP contribution in [0.25, 0.3) is 12.2 Å². The quantitative estimate of drug-likeness (QED) is 0.789. The molecule has 1 aromatic carbocycles. The van der Waals surface area contributed by atoms with E-state index in [1.54, 1.807) is 11.3 Å². The van der Waals surface area contributed by atoms with Crippen LogP contribution in [0.4, 0.5) is 5.69 Å². The Morgan fingerprint density at radius 2 is 2.05 bits per heavy atom. The van der Waals surface area contributed by atoms with Gasteiger partial charge in [-0.15, -0.1) is 11.3 Å². The van der Waals surface area contributed by atoms with E-state index in [-0.39, 0.29) is 0 Å². The minimum absolute atomic E-state index is 0.718. The van der Waals surface area contributed by atoms with Gasteiger partial charge in [-0.3, -0.25) is 0 Å². The molecule has 1 fully saturated rings. The van der Waals surface area contributed by atoms with Gasteiger partial charge in [-0.1, -0.05) is 38.5 Å². The fourth-order valence-electron chi connectivity index (χ4n) is 2.10. The van der Waals surface area contributed by atoms with Gasteiger partial charge >= 0.3 is 0 Å². The van der Waals surface area contributed by atoms with Crippen molar-refractivity contribution in [2.45, 2.75) is 39.0 Å². The number of rotatable bonds is 3. The van der Waals surface area contributed by atoms with E-state index in [0.29, 0.717) is 0 Å². The van der Waals surface area contributed by atoms with Crippen LogP contribution in [0, 0.1) is 0 Å². The van der Waals surface area contributed by atoms with E-state index < -0.39 is 0 Å². The third kappa shape index (κ3) is 3.70. The van der Waals surface area contributed by atoms with Crippen molar-refractivity contribution >= 4 is 29.2 Å². The number of hydrogen-bond acceptors (Lipinski definition) is 3. The number of anilines is 1. The van der Waals surface area contributed by atoms with Crippen LogP contribution in [0.5, 0.6) is 0 Å². The lowest BCUT2D eigenvalue weighted by molar-refractivity contribution is 0.412. The SMILES string of the molecule is CC.Nc1cccc(/C=C/c2nc(C3CCC3)cs2)c1. The van der Waals surface area contributed by atoms with E-state index in [4.69, 9.17) is 5.73 Å². The maximum atomic E-state index is 5.75. The Labute approximate surface area is 125 Å². The van der Waals surface area contributed by atoms with Crippen LogP contribution in [0.3, 0.4) is 0 Å².